The summed E-state index contributed by atoms with van der Waals surface area (Å²) in [6, 6.07) is 6.29. The zero-order chi connectivity index (χ0) is 12.1. The van der Waals surface area contributed by atoms with Gasteiger partial charge in [0.15, 0.2) is 0 Å². The number of hydrogen-bond acceptors (Lipinski definition) is 2. The highest BCUT2D eigenvalue weighted by Gasteiger charge is 2.03. The van der Waals surface area contributed by atoms with Crippen LogP contribution < -0.4 is 4.90 Å². The number of nitrogens with zero attached hydrogens (tertiary/aromatic N) is 2. The lowest BCUT2D eigenvalue weighted by atomic mass is 10.1. The van der Waals surface area contributed by atoms with Gasteiger partial charge in [-0.05, 0) is 51.2 Å². The van der Waals surface area contributed by atoms with Crippen LogP contribution in [0.3, 0.4) is 0 Å². The standard InChI is InChI=1S/C13H21ClN2/c1-15(2)9-5-6-11-7-8-12(16(3)4)10-13(11)14/h7-8,10H,5-6,9H2,1-4H3. The third-order valence-electron chi connectivity index (χ3n) is 2.60. The second-order valence-corrected chi connectivity index (χ2v) is 4.98. The van der Waals surface area contributed by atoms with E-state index in [1.54, 1.807) is 0 Å². The predicted octanol–water partition coefficient (Wildman–Crippen LogP) is 2.90. The van der Waals surface area contributed by atoms with Gasteiger partial charge in [-0.25, -0.2) is 0 Å². The first-order chi connectivity index (χ1) is 7.50. The summed E-state index contributed by atoms with van der Waals surface area (Å²) in [7, 11) is 8.24. The first-order valence-corrected chi connectivity index (χ1v) is 5.99. The summed E-state index contributed by atoms with van der Waals surface area (Å²) in [6.07, 6.45) is 2.19. The highest BCUT2D eigenvalue weighted by molar-refractivity contribution is 6.31. The fraction of sp³-hybridized carbons (Fsp3) is 0.538. The highest BCUT2D eigenvalue weighted by atomic mass is 35.5. The number of benzene rings is 1. The van der Waals surface area contributed by atoms with Crippen LogP contribution in [0, 0.1) is 0 Å². The Bertz CT molecular complexity index is 335. The molecule has 0 unspecified atom stereocenters. The summed E-state index contributed by atoms with van der Waals surface area (Å²) < 4.78 is 0. The van der Waals surface area contributed by atoms with Crippen molar-refractivity contribution in [2.75, 3.05) is 39.6 Å². The summed E-state index contributed by atoms with van der Waals surface area (Å²) in [5.41, 5.74) is 2.40. The third-order valence-corrected chi connectivity index (χ3v) is 2.96. The summed E-state index contributed by atoms with van der Waals surface area (Å²) in [6.45, 7) is 1.10. The maximum absolute atomic E-state index is 6.25. The average molecular weight is 241 g/mol. The number of rotatable bonds is 5. The summed E-state index contributed by atoms with van der Waals surface area (Å²) in [4.78, 5) is 4.26. The molecular weight excluding hydrogens is 220 g/mol. The normalized spacial score (nSPS) is 10.9. The van der Waals surface area contributed by atoms with Crippen molar-refractivity contribution in [1.82, 2.24) is 4.90 Å². The highest BCUT2D eigenvalue weighted by Crippen LogP contribution is 2.23. The van der Waals surface area contributed by atoms with Gasteiger partial charge in [-0.2, -0.15) is 0 Å². The van der Waals surface area contributed by atoms with E-state index in [1.807, 2.05) is 20.2 Å². The monoisotopic (exact) mass is 240 g/mol. The molecular formula is C13H21ClN2. The Balaban J connectivity index is 2.61. The second-order valence-electron chi connectivity index (χ2n) is 4.58. The molecule has 0 aliphatic carbocycles. The molecule has 0 saturated heterocycles. The zero-order valence-corrected chi connectivity index (χ0v) is 11.4. The summed E-state index contributed by atoms with van der Waals surface area (Å²) in [5, 5.41) is 0.880. The van der Waals surface area contributed by atoms with Crippen molar-refractivity contribution < 1.29 is 0 Å². The molecule has 0 bridgehead atoms. The second kappa shape index (κ2) is 6.12. The number of aryl methyl sites for hydroxylation is 1. The van der Waals surface area contributed by atoms with E-state index in [-0.39, 0.29) is 0 Å². The van der Waals surface area contributed by atoms with Gasteiger partial charge in [0.2, 0.25) is 0 Å². The molecule has 90 valence electrons. The lowest BCUT2D eigenvalue weighted by molar-refractivity contribution is 0.400. The van der Waals surface area contributed by atoms with Crippen molar-refractivity contribution in [3.8, 4) is 0 Å². The quantitative estimate of drug-likeness (QED) is 0.781. The Morgan fingerprint density at radius 2 is 1.81 bits per heavy atom. The van der Waals surface area contributed by atoms with Gasteiger partial charge >= 0.3 is 0 Å². The van der Waals surface area contributed by atoms with Crippen molar-refractivity contribution in [2.24, 2.45) is 0 Å². The van der Waals surface area contributed by atoms with E-state index in [0.29, 0.717) is 0 Å². The van der Waals surface area contributed by atoms with Gasteiger partial charge in [-0.3, -0.25) is 0 Å². The van der Waals surface area contributed by atoms with Crippen molar-refractivity contribution in [1.29, 1.82) is 0 Å². The van der Waals surface area contributed by atoms with E-state index in [2.05, 4.69) is 36.0 Å². The van der Waals surface area contributed by atoms with Crippen LogP contribution in [-0.4, -0.2) is 39.6 Å². The number of hydrogen-bond donors (Lipinski definition) is 0. The minimum atomic E-state index is 0.880. The largest absolute Gasteiger partial charge is 0.378 e. The summed E-state index contributed by atoms with van der Waals surface area (Å²) in [5.74, 6) is 0. The summed E-state index contributed by atoms with van der Waals surface area (Å²) >= 11 is 6.25. The van der Waals surface area contributed by atoms with Gasteiger partial charge in [0.25, 0.3) is 0 Å². The lowest BCUT2D eigenvalue weighted by Gasteiger charge is -2.15. The van der Waals surface area contributed by atoms with E-state index < -0.39 is 0 Å². The maximum Gasteiger partial charge on any atom is 0.0458 e. The van der Waals surface area contributed by atoms with Gasteiger partial charge in [0, 0.05) is 24.8 Å². The number of halogens is 1. The molecule has 16 heavy (non-hydrogen) atoms. The molecule has 0 fully saturated rings. The van der Waals surface area contributed by atoms with E-state index in [1.165, 1.54) is 5.56 Å². The predicted molar refractivity (Wildman–Crippen MR) is 72.7 cm³/mol. The van der Waals surface area contributed by atoms with Crippen molar-refractivity contribution >= 4 is 17.3 Å². The van der Waals surface area contributed by atoms with Gasteiger partial charge in [0.1, 0.15) is 0 Å². The molecule has 0 radical (unpaired) electrons. The van der Waals surface area contributed by atoms with E-state index in [0.717, 1.165) is 30.1 Å². The van der Waals surface area contributed by atoms with E-state index in [9.17, 15) is 0 Å². The van der Waals surface area contributed by atoms with Crippen LogP contribution in [-0.2, 0) is 6.42 Å². The van der Waals surface area contributed by atoms with Crippen LogP contribution in [0.5, 0.6) is 0 Å². The molecule has 1 aromatic rings. The molecule has 0 aromatic heterocycles. The molecule has 0 spiro atoms. The van der Waals surface area contributed by atoms with E-state index in [4.69, 9.17) is 11.6 Å². The minimum absolute atomic E-state index is 0.880. The fourth-order valence-corrected chi connectivity index (χ4v) is 1.87. The minimum Gasteiger partial charge on any atom is -0.378 e. The SMILES string of the molecule is CN(C)CCCc1ccc(N(C)C)cc1Cl. The first-order valence-electron chi connectivity index (χ1n) is 5.61. The Labute approximate surface area is 104 Å². The van der Waals surface area contributed by atoms with Gasteiger partial charge in [-0.1, -0.05) is 17.7 Å². The third kappa shape index (κ3) is 4.03. The van der Waals surface area contributed by atoms with Crippen LogP contribution in [0.4, 0.5) is 5.69 Å². The molecule has 0 heterocycles. The van der Waals surface area contributed by atoms with Gasteiger partial charge in [-0.15, -0.1) is 0 Å². The lowest BCUT2D eigenvalue weighted by Crippen LogP contribution is -2.13. The molecule has 0 N–H and O–H groups in total. The van der Waals surface area contributed by atoms with Crippen molar-refractivity contribution in [3.05, 3.63) is 28.8 Å². The Hall–Kier alpha value is -0.730. The van der Waals surface area contributed by atoms with Crippen LogP contribution in [0.1, 0.15) is 12.0 Å². The molecule has 0 amide bonds. The Kier molecular flexibility index (Phi) is 5.10. The Morgan fingerprint density at radius 1 is 1.12 bits per heavy atom. The van der Waals surface area contributed by atoms with Crippen LogP contribution in [0.25, 0.3) is 0 Å². The van der Waals surface area contributed by atoms with Crippen LogP contribution >= 0.6 is 11.6 Å². The average Bonchev–Trinajstić information content (AvgIpc) is 2.19. The molecule has 0 aliphatic rings. The maximum atomic E-state index is 6.25. The Morgan fingerprint density at radius 3 is 2.31 bits per heavy atom. The topological polar surface area (TPSA) is 6.48 Å². The molecule has 0 saturated carbocycles. The van der Waals surface area contributed by atoms with Crippen molar-refractivity contribution in [3.63, 3.8) is 0 Å². The van der Waals surface area contributed by atoms with Crippen LogP contribution in [0.15, 0.2) is 18.2 Å². The zero-order valence-electron chi connectivity index (χ0n) is 10.6. The smallest absolute Gasteiger partial charge is 0.0458 e. The molecule has 1 rings (SSSR count). The molecule has 2 nitrogen and oxygen atoms in total. The molecule has 3 heteroatoms. The van der Waals surface area contributed by atoms with Crippen LogP contribution in [0.2, 0.25) is 5.02 Å². The molecule has 0 atom stereocenters. The molecule has 1 aromatic carbocycles. The fourth-order valence-electron chi connectivity index (χ4n) is 1.60. The van der Waals surface area contributed by atoms with Crippen molar-refractivity contribution in [2.45, 2.75) is 12.8 Å². The first kappa shape index (κ1) is 13.3. The molecule has 0 aliphatic heterocycles. The van der Waals surface area contributed by atoms with E-state index >= 15 is 0 Å². The van der Waals surface area contributed by atoms with Gasteiger partial charge in [0.05, 0.1) is 0 Å². The van der Waals surface area contributed by atoms with Gasteiger partial charge < -0.3 is 9.80 Å². The number of anilines is 1.